The number of pyridine rings is 1. The smallest absolute Gasteiger partial charge is 0.340 e. The Morgan fingerprint density at radius 1 is 1.19 bits per heavy atom. The maximum atomic E-state index is 13.2. The molecule has 0 aliphatic carbocycles. The van der Waals surface area contributed by atoms with Crippen LogP contribution in [0.15, 0.2) is 30.9 Å². The summed E-state index contributed by atoms with van der Waals surface area (Å²) in [4.78, 5) is 20.1. The number of rotatable bonds is 5. The van der Waals surface area contributed by atoms with Gasteiger partial charge in [-0.3, -0.25) is 0 Å². The average Bonchev–Trinajstić information content (AvgIpc) is 3.48. The lowest BCUT2D eigenvalue weighted by atomic mass is 9.93. The first-order valence-corrected chi connectivity index (χ1v) is 10.7. The van der Waals surface area contributed by atoms with Gasteiger partial charge in [-0.2, -0.15) is 0 Å². The zero-order valence-electron chi connectivity index (χ0n) is 17.3. The van der Waals surface area contributed by atoms with E-state index in [4.69, 9.17) is 19.2 Å². The number of nitrogens with zero attached hydrogens (tertiary/aromatic N) is 4. The van der Waals surface area contributed by atoms with Crippen LogP contribution in [0, 0.1) is 13.8 Å². The maximum absolute atomic E-state index is 13.2. The number of fused-ring (bicyclic) bond motifs is 2. The molecule has 1 aliphatic rings. The third-order valence-corrected chi connectivity index (χ3v) is 6.43. The fourth-order valence-electron chi connectivity index (χ4n) is 3.78. The van der Waals surface area contributed by atoms with Crippen molar-refractivity contribution in [2.75, 3.05) is 13.4 Å². The van der Waals surface area contributed by atoms with Gasteiger partial charge in [-0.25, -0.2) is 9.78 Å². The molecule has 4 heterocycles. The van der Waals surface area contributed by atoms with E-state index in [1.165, 1.54) is 0 Å². The fourth-order valence-corrected chi connectivity index (χ4v) is 4.84. The molecule has 0 saturated heterocycles. The number of esters is 1. The third kappa shape index (κ3) is 3.31. The van der Waals surface area contributed by atoms with Gasteiger partial charge < -0.3 is 18.8 Å². The number of benzene rings is 1. The van der Waals surface area contributed by atoms with E-state index >= 15 is 0 Å². The highest BCUT2D eigenvalue weighted by Gasteiger charge is 2.27. The quantitative estimate of drug-likeness (QED) is 0.435. The molecule has 8 nitrogen and oxygen atoms in total. The summed E-state index contributed by atoms with van der Waals surface area (Å²) in [5.74, 6) is 0.938. The normalized spacial score (nSPS) is 12.5. The van der Waals surface area contributed by atoms with Crippen LogP contribution in [0.4, 0.5) is 0 Å². The van der Waals surface area contributed by atoms with Crippen LogP contribution < -0.4 is 9.47 Å². The topological polar surface area (TPSA) is 88.4 Å². The summed E-state index contributed by atoms with van der Waals surface area (Å²) in [5.41, 5.74) is 3.81. The molecule has 1 aromatic carbocycles. The van der Waals surface area contributed by atoms with E-state index in [1.807, 2.05) is 18.2 Å². The molecule has 31 heavy (non-hydrogen) atoms. The fraction of sp³-hybridized carbons (Fsp3) is 0.273. The molecule has 5 rings (SSSR count). The minimum absolute atomic E-state index is 0.185. The first-order valence-electron chi connectivity index (χ1n) is 9.89. The average molecular weight is 436 g/mol. The number of ether oxygens (including phenoxy) is 3. The lowest BCUT2D eigenvalue weighted by molar-refractivity contribution is 0.0525. The highest BCUT2D eigenvalue weighted by Crippen LogP contribution is 2.43. The second kappa shape index (κ2) is 7.66. The summed E-state index contributed by atoms with van der Waals surface area (Å²) >= 11 is 1.61. The molecule has 0 bridgehead atoms. The van der Waals surface area contributed by atoms with Crippen molar-refractivity contribution in [3.8, 4) is 22.6 Å². The molecule has 9 heteroatoms. The number of carbonyl (C=O) groups excluding carboxylic acids is 1. The Morgan fingerprint density at radius 3 is 2.74 bits per heavy atom. The predicted molar refractivity (Wildman–Crippen MR) is 116 cm³/mol. The second-order valence-corrected chi connectivity index (χ2v) is 8.40. The first kappa shape index (κ1) is 19.5. The van der Waals surface area contributed by atoms with E-state index in [2.05, 4.69) is 24.0 Å². The van der Waals surface area contributed by atoms with E-state index in [0.717, 1.165) is 31.8 Å². The molecular formula is C22H20N4O4S. The van der Waals surface area contributed by atoms with Crippen LogP contribution in [0.25, 0.3) is 21.3 Å². The van der Waals surface area contributed by atoms with Gasteiger partial charge in [0.25, 0.3) is 0 Å². The van der Waals surface area contributed by atoms with Gasteiger partial charge in [-0.15, -0.1) is 21.5 Å². The van der Waals surface area contributed by atoms with Crippen molar-refractivity contribution in [3.63, 3.8) is 0 Å². The Bertz CT molecular complexity index is 1300. The number of carbonyl (C=O) groups is 1. The van der Waals surface area contributed by atoms with E-state index in [1.54, 1.807) is 35.5 Å². The van der Waals surface area contributed by atoms with Gasteiger partial charge in [0.05, 0.1) is 24.4 Å². The Morgan fingerprint density at radius 2 is 1.97 bits per heavy atom. The Kier molecular flexibility index (Phi) is 4.82. The van der Waals surface area contributed by atoms with Crippen molar-refractivity contribution < 1.29 is 19.0 Å². The summed E-state index contributed by atoms with van der Waals surface area (Å²) in [6, 6.07) is 5.72. The molecule has 0 fully saturated rings. The summed E-state index contributed by atoms with van der Waals surface area (Å²) in [6.45, 7) is 6.72. The molecule has 1 aliphatic heterocycles. The first-order chi connectivity index (χ1) is 15.1. The van der Waals surface area contributed by atoms with Crippen LogP contribution in [0.1, 0.15) is 33.4 Å². The van der Waals surface area contributed by atoms with Crippen molar-refractivity contribution in [3.05, 3.63) is 52.6 Å². The lowest BCUT2D eigenvalue weighted by Crippen LogP contribution is -2.14. The number of thiophene rings is 1. The minimum atomic E-state index is -0.407. The van der Waals surface area contributed by atoms with E-state index < -0.39 is 5.97 Å². The summed E-state index contributed by atoms with van der Waals surface area (Å²) < 4.78 is 18.3. The van der Waals surface area contributed by atoms with Gasteiger partial charge in [-0.1, -0.05) is 6.07 Å². The van der Waals surface area contributed by atoms with Crippen molar-refractivity contribution in [2.45, 2.75) is 27.3 Å². The minimum Gasteiger partial charge on any atom is -0.462 e. The molecular weight excluding hydrogens is 416 g/mol. The van der Waals surface area contributed by atoms with Crippen molar-refractivity contribution in [1.29, 1.82) is 0 Å². The molecule has 0 unspecified atom stereocenters. The molecule has 158 valence electrons. The Labute approximate surface area is 182 Å². The van der Waals surface area contributed by atoms with Crippen LogP contribution in [-0.2, 0) is 11.3 Å². The molecule has 0 radical (unpaired) electrons. The molecule has 0 saturated carbocycles. The van der Waals surface area contributed by atoms with Crippen LogP contribution in [0.3, 0.4) is 0 Å². The zero-order valence-corrected chi connectivity index (χ0v) is 18.2. The monoisotopic (exact) mass is 436 g/mol. The molecule has 0 atom stereocenters. The van der Waals surface area contributed by atoms with Crippen molar-refractivity contribution in [1.82, 2.24) is 19.7 Å². The number of aryl methyl sites for hydroxylation is 2. The lowest BCUT2D eigenvalue weighted by Gasteiger charge is -2.16. The Balaban J connectivity index is 1.83. The SMILES string of the molecule is CCOC(=O)c1c(Cn2cnnc2)nc2sc(C)c(C)c2c1-c1ccc2c(c1)OCO2. The van der Waals surface area contributed by atoms with E-state index in [0.29, 0.717) is 29.3 Å². The molecule has 0 N–H and O–H groups in total. The van der Waals surface area contributed by atoms with Crippen LogP contribution in [-0.4, -0.2) is 39.1 Å². The predicted octanol–water partition coefficient (Wildman–Crippen LogP) is 4.13. The third-order valence-electron chi connectivity index (χ3n) is 5.33. The number of hydrogen-bond acceptors (Lipinski definition) is 8. The van der Waals surface area contributed by atoms with Gasteiger partial charge in [0.2, 0.25) is 6.79 Å². The number of hydrogen-bond donors (Lipinski definition) is 0. The number of aromatic nitrogens is 4. The van der Waals surface area contributed by atoms with Gasteiger partial charge >= 0.3 is 5.97 Å². The molecule has 4 aromatic rings. The van der Waals surface area contributed by atoms with E-state index in [9.17, 15) is 4.79 Å². The zero-order chi connectivity index (χ0) is 21.5. The molecule has 0 amide bonds. The Hall–Kier alpha value is -3.46. The largest absolute Gasteiger partial charge is 0.462 e. The van der Waals surface area contributed by atoms with Crippen LogP contribution in [0.2, 0.25) is 0 Å². The van der Waals surface area contributed by atoms with Gasteiger partial charge in [-0.05, 0) is 44.0 Å². The molecule has 0 spiro atoms. The summed E-state index contributed by atoms with van der Waals surface area (Å²) in [5, 5.41) is 8.70. The van der Waals surface area contributed by atoms with Gasteiger partial charge in [0, 0.05) is 15.8 Å². The standard InChI is InChI=1S/C22H20N4O4S/c1-4-28-22(27)20-15(8-26-9-23-24-10-26)25-21-18(12(2)13(3)31-21)19(20)14-5-6-16-17(7-14)30-11-29-16/h5-7,9-10H,4,8,11H2,1-3H3. The second-order valence-electron chi connectivity index (χ2n) is 7.19. The highest BCUT2D eigenvalue weighted by molar-refractivity contribution is 7.18. The summed E-state index contributed by atoms with van der Waals surface area (Å²) in [6.07, 6.45) is 3.21. The summed E-state index contributed by atoms with van der Waals surface area (Å²) in [7, 11) is 0. The van der Waals surface area contributed by atoms with Gasteiger partial charge in [0.1, 0.15) is 17.5 Å². The van der Waals surface area contributed by atoms with Crippen molar-refractivity contribution in [2.24, 2.45) is 0 Å². The highest BCUT2D eigenvalue weighted by atomic mass is 32.1. The molecule has 3 aromatic heterocycles. The van der Waals surface area contributed by atoms with Crippen molar-refractivity contribution >= 4 is 27.5 Å². The van der Waals surface area contributed by atoms with Crippen LogP contribution >= 0.6 is 11.3 Å². The van der Waals surface area contributed by atoms with E-state index in [-0.39, 0.29) is 13.4 Å². The maximum Gasteiger partial charge on any atom is 0.340 e. The van der Waals surface area contributed by atoms with Crippen LogP contribution in [0.5, 0.6) is 11.5 Å². The van der Waals surface area contributed by atoms with Gasteiger partial charge in [0.15, 0.2) is 11.5 Å².